The van der Waals surface area contributed by atoms with Crippen molar-refractivity contribution in [1.29, 1.82) is 0 Å². The average molecular weight is 179 g/mol. The molecule has 1 amide bonds. The largest absolute Gasteiger partial charge is 0.365 e. The normalized spacial score (nSPS) is 19.1. The Balaban J connectivity index is 2.38. The van der Waals surface area contributed by atoms with Crippen LogP contribution in [0, 0.1) is 0 Å². The molecule has 1 saturated heterocycles. The van der Waals surface area contributed by atoms with E-state index in [4.69, 9.17) is 15.2 Å². The molecule has 1 aliphatic heterocycles. The van der Waals surface area contributed by atoms with E-state index >= 15 is 0 Å². The second-order valence-corrected chi connectivity index (χ2v) is 2.75. The molecule has 1 aliphatic rings. The van der Waals surface area contributed by atoms with Crippen molar-refractivity contribution in [3.8, 4) is 0 Å². The van der Waals surface area contributed by atoms with E-state index in [0.717, 1.165) is 0 Å². The molecule has 0 aromatic heterocycles. The smallest absolute Gasteiger partial charge is 0.283 e. The summed E-state index contributed by atoms with van der Waals surface area (Å²) in [6, 6.07) is 8.92. The topological polar surface area (TPSA) is 61.6 Å². The molecule has 1 aromatic rings. The first kappa shape index (κ1) is 8.22. The number of ether oxygens (including phenoxy) is 2. The van der Waals surface area contributed by atoms with E-state index in [-0.39, 0.29) is 6.79 Å². The fraction of sp³-hybridized carbons (Fsp3) is 0.222. The molecule has 1 heterocycles. The van der Waals surface area contributed by atoms with Gasteiger partial charge in [-0.1, -0.05) is 30.3 Å². The Bertz CT molecular complexity index is 319. The molecule has 4 nitrogen and oxygen atoms in total. The maximum atomic E-state index is 11.1. The molecule has 0 saturated carbocycles. The molecule has 2 rings (SSSR count). The van der Waals surface area contributed by atoms with E-state index in [2.05, 4.69) is 0 Å². The van der Waals surface area contributed by atoms with Gasteiger partial charge in [0.25, 0.3) is 11.7 Å². The van der Waals surface area contributed by atoms with Gasteiger partial charge in [-0.3, -0.25) is 4.79 Å². The zero-order valence-electron chi connectivity index (χ0n) is 6.90. The minimum Gasteiger partial charge on any atom is -0.365 e. The van der Waals surface area contributed by atoms with Crippen molar-refractivity contribution >= 4 is 5.91 Å². The monoisotopic (exact) mass is 179 g/mol. The van der Waals surface area contributed by atoms with Crippen LogP contribution in [0.25, 0.3) is 0 Å². The summed E-state index contributed by atoms with van der Waals surface area (Å²) < 4.78 is 10.1. The third kappa shape index (κ3) is 1.11. The Labute approximate surface area is 75.2 Å². The van der Waals surface area contributed by atoms with Gasteiger partial charge in [0.05, 0.1) is 0 Å². The van der Waals surface area contributed by atoms with Crippen molar-refractivity contribution in [2.24, 2.45) is 5.73 Å². The van der Waals surface area contributed by atoms with Crippen molar-refractivity contribution in [3.63, 3.8) is 0 Å². The lowest BCUT2D eigenvalue weighted by Gasteiger charge is -2.38. The molecule has 0 spiro atoms. The van der Waals surface area contributed by atoms with E-state index in [1.54, 1.807) is 24.3 Å². The van der Waals surface area contributed by atoms with Crippen molar-refractivity contribution < 1.29 is 14.3 Å². The average Bonchev–Trinajstić information content (AvgIpc) is 2.03. The van der Waals surface area contributed by atoms with Crippen LogP contribution in [0.4, 0.5) is 0 Å². The van der Waals surface area contributed by atoms with Crippen LogP contribution in [0.1, 0.15) is 5.56 Å². The SMILES string of the molecule is NC(=O)C1(c2ccccc2)OCO1. The minimum atomic E-state index is -1.35. The van der Waals surface area contributed by atoms with Crippen molar-refractivity contribution in [3.05, 3.63) is 35.9 Å². The Hall–Kier alpha value is -1.39. The van der Waals surface area contributed by atoms with Crippen LogP contribution < -0.4 is 5.73 Å². The molecule has 1 fully saturated rings. The molecule has 0 aliphatic carbocycles. The first-order chi connectivity index (χ1) is 6.26. The standard InChI is InChI=1S/C9H9NO3/c10-8(11)9(12-6-13-9)7-4-2-1-3-5-7/h1-5H,6H2,(H2,10,11). The van der Waals surface area contributed by atoms with Crippen LogP contribution in [0.5, 0.6) is 0 Å². The van der Waals surface area contributed by atoms with Gasteiger partial charge in [-0.25, -0.2) is 0 Å². The Morgan fingerprint density at radius 3 is 2.31 bits per heavy atom. The summed E-state index contributed by atoms with van der Waals surface area (Å²) in [6.45, 7) is 0.109. The van der Waals surface area contributed by atoms with Gasteiger partial charge in [0.2, 0.25) is 0 Å². The lowest BCUT2D eigenvalue weighted by Crippen LogP contribution is -2.53. The van der Waals surface area contributed by atoms with Gasteiger partial charge < -0.3 is 15.2 Å². The van der Waals surface area contributed by atoms with Crippen molar-refractivity contribution in [2.75, 3.05) is 6.79 Å². The zero-order valence-corrected chi connectivity index (χ0v) is 6.90. The number of amides is 1. The third-order valence-electron chi connectivity index (χ3n) is 2.00. The Kier molecular flexibility index (Phi) is 1.79. The number of nitrogens with two attached hydrogens (primary N) is 1. The van der Waals surface area contributed by atoms with Crippen LogP contribution in [0.3, 0.4) is 0 Å². The Morgan fingerprint density at radius 2 is 1.92 bits per heavy atom. The van der Waals surface area contributed by atoms with E-state index in [1.165, 1.54) is 0 Å². The lowest BCUT2D eigenvalue weighted by atomic mass is 10.0. The highest BCUT2D eigenvalue weighted by Crippen LogP contribution is 2.33. The molecule has 1 aromatic carbocycles. The molecule has 4 heteroatoms. The number of hydrogen-bond acceptors (Lipinski definition) is 3. The van der Waals surface area contributed by atoms with Crippen molar-refractivity contribution in [2.45, 2.75) is 5.79 Å². The first-order valence-corrected chi connectivity index (χ1v) is 3.89. The summed E-state index contributed by atoms with van der Waals surface area (Å²) in [5.41, 5.74) is 5.81. The molecular weight excluding hydrogens is 170 g/mol. The minimum absolute atomic E-state index is 0.109. The second kappa shape index (κ2) is 2.83. The number of carbonyl (C=O) groups is 1. The van der Waals surface area contributed by atoms with E-state index in [0.29, 0.717) is 5.56 Å². The number of primary amides is 1. The van der Waals surface area contributed by atoms with Gasteiger partial charge >= 0.3 is 0 Å². The van der Waals surface area contributed by atoms with Gasteiger partial charge in [0.1, 0.15) is 0 Å². The quantitative estimate of drug-likeness (QED) is 0.711. The fourth-order valence-electron chi connectivity index (χ4n) is 1.29. The highest BCUT2D eigenvalue weighted by molar-refractivity contribution is 5.83. The predicted molar refractivity (Wildman–Crippen MR) is 44.4 cm³/mol. The van der Waals surface area contributed by atoms with E-state index < -0.39 is 11.7 Å². The molecule has 2 N–H and O–H groups in total. The summed E-state index contributed by atoms with van der Waals surface area (Å²) in [5, 5.41) is 0. The van der Waals surface area contributed by atoms with Crippen LogP contribution in [-0.2, 0) is 20.1 Å². The summed E-state index contributed by atoms with van der Waals surface area (Å²) in [7, 11) is 0. The molecular formula is C9H9NO3. The summed E-state index contributed by atoms with van der Waals surface area (Å²) in [5.74, 6) is -1.97. The summed E-state index contributed by atoms with van der Waals surface area (Å²) in [4.78, 5) is 11.1. The maximum absolute atomic E-state index is 11.1. The lowest BCUT2D eigenvalue weighted by molar-refractivity contribution is -0.383. The molecule has 0 atom stereocenters. The van der Waals surface area contributed by atoms with Crippen LogP contribution in [-0.4, -0.2) is 12.7 Å². The molecule has 68 valence electrons. The highest BCUT2D eigenvalue weighted by Gasteiger charge is 2.48. The Morgan fingerprint density at radius 1 is 1.31 bits per heavy atom. The van der Waals surface area contributed by atoms with Gasteiger partial charge in [0, 0.05) is 5.56 Å². The zero-order chi connectivity index (χ0) is 9.31. The van der Waals surface area contributed by atoms with E-state index in [1.807, 2.05) is 6.07 Å². The molecule has 0 radical (unpaired) electrons. The van der Waals surface area contributed by atoms with Crippen LogP contribution in [0.2, 0.25) is 0 Å². The number of rotatable bonds is 2. The molecule has 0 bridgehead atoms. The third-order valence-corrected chi connectivity index (χ3v) is 2.00. The summed E-state index contributed by atoms with van der Waals surface area (Å²) in [6.07, 6.45) is 0. The maximum Gasteiger partial charge on any atom is 0.283 e. The summed E-state index contributed by atoms with van der Waals surface area (Å²) >= 11 is 0. The van der Waals surface area contributed by atoms with Crippen LogP contribution >= 0.6 is 0 Å². The van der Waals surface area contributed by atoms with Gasteiger partial charge in [-0.2, -0.15) is 0 Å². The second-order valence-electron chi connectivity index (χ2n) is 2.75. The predicted octanol–water partition coefficient (Wildman–Crippen LogP) is 0.329. The van der Waals surface area contributed by atoms with Gasteiger partial charge in [-0.05, 0) is 0 Å². The number of carbonyl (C=O) groups excluding carboxylic acids is 1. The van der Waals surface area contributed by atoms with Crippen molar-refractivity contribution in [1.82, 2.24) is 0 Å². The van der Waals surface area contributed by atoms with Gasteiger partial charge in [-0.15, -0.1) is 0 Å². The molecule has 13 heavy (non-hydrogen) atoms. The van der Waals surface area contributed by atoms with E-state index in [9.17, 15) is 4.79 Å². The van der Waals surface area contributed by atoms with Gasteiger partial charge in [0.15, 0.2) is 6.79 Å². The number of hydrogen-bond donors (Lipinski definition) is 1. The first-order valence-electron chi connectivity index (χ1n) is 3.89. The highest BCUT2D eigenvalue weighted by atomic mass is 16.9. The van der Waals surface area contributed by atoms with Crippen LogP contribution in [0.15, 0.2) is 30.3 Å². The number of benzene rings is 1. The molecule has 0 unspecified atom stereocenters. The fourth-order valence-corrected chi connectivity index (χ4v) is 1.29.